The summed E-state index contributed by atoms with van der Waals surface area (Å²) in [5.74, 6) is 0.884. The number of amides is 1. The third-order valence-corrected chi connectivity index (χ3v) is 4.27. The second kappa shape index (κ2) is 10.0. The first-order valence-electron chi connectivity index (χ1n) is 8.39. The van der Waals surface area contributed by atoms with Crippen molar-refractivity contribution in [3.63, 3.8) is 0 Å². The van der Waals surface area contributed by atoms with Crippen LogP contribution in [0.15, 0.2) is 42.5 Å². The fourth-order valence-corrected chi connectivity index (χ4v) is 2.56. The molecule has 6 heteroatoms. The highest BCUT2D eigenvalue weighted by atomic mass is 35.5. The molecule has 0 aromatic heterocycles. The monoisotopic (exact) mass is 377 g/mol. The summed E-state index contributed by atoms with van der Waals surface area (Å²) in [5, 5.41) is 3.58. The average molecular weight is 378 g/mol. The van der Waals surface area contributed by atoms with Crippen molar-refractivity contribution in [3.05, 3.63) is 58.6 Å². The number of hydrogen-bond acceptors (Lipinski definition) is 4. The van der Waals surface area contributed by atoms with Gasteiger partial charge in [0.25, 0.3) is 5.91 Å². The van der Waals surface area contributed by atoms with Crippen LogP contribution < -0.4 is 14.8 Å². The molecule has 1 N–H and O–H groups in total. The molecule has 0 radical (unpaired) electrons. The van der Waals surface area contributed by atoms with Crippen molar-refractivity contribution in [1.29, 1.82) is 0 Å². The topological polar surface area (TPSA) is 56.8 Å². The summed E-state index contributed by atoms with van der Waals surface area (Å²) in [6.07, 6.45) is 0.748. The Kier molecular flexibility index (Phi) is 7.75. The molecule has 1 unspecified atom stereocenters. The van der Waals surface area contributed by atoms with Gasteiger partial charge in [0.2, 0.25) is 0 Å². The molecule has 2 aromatic rings. The molecule has 0 fully saturated rings. The Hall–Kier alpha value is -2.24. The summed E-state index contributed by atoms with van der Waals surface area (Å²) >= 11 is 6.14. The van der Waals surface area contributed by atoms with Crippen LogP contribution in [0.3, 0.4) is 0 Å². The van der Waals surface area contributed by atoms with E-state index in [0.29, 0.717) is 35.3 Å². The zero-order valence-corrected chi connectivity index (χ0v) is 16.0. The maximum atomic E-state index is 12.4. The molecule has 0 aliphatic rings. The predicted octanol–water partition coefficient (Wildman–Crippen LogP) is 4.08. The van der Waals surface area contributed by atoms with E-state index < -0.39 is 0 Å². The third kappa shape index (κ3) is 5.64. The van der Waals surface area contributed by atoms with E-state index in [2.05, 4.69) is 5.32 Å². The largest absolute Gasteiger partial charge is 0.493 e. The lowest BCUT2D eigenvalue weighted by atomic mass is 10.1. The number of carbonyl (C=O) groups is 1. The van der Waals surface area contributed by atoms with Gasteiger partial charge in [-0.3, -0.25) is 4.79 Å². The molecule has 5 nitrogen and oxygen atoms in total. The van der Waals surface area contributed by atoms with Gasteiger partial charge >= 0.3 is 0 Å². The van der Waals surface area contributed by atoms with Gasteiger partial charge in [0, 0.05) is 35.9 Å². The van der Waals surface area contributed by atoms with E-state index in [4.69, 9.17) is 25.8 Å². The Morgan fingerprint density at radius 3 is 2.62 bits per heavy atom. The lowest BCUT2D eigenvalue weighted by molar-refractivity contribution is 0.0929. The predicted molar refractivity (Wildman–Crippen MR) is 102 cm³/mol. The fourth-order valence-electron chi connectivity index (χ4n) is 2.37. The highest BCUT2D eigenvalue weighted by molar-refractivity contribution is 6.31. The van der Waals surface area contributed by atoms with Crippen LogP contribution in [0, 0.1) is 0 Å². The standard InChI is InChI=1S/C20H24ClNO4/c1-14(10-11-24-2)22-20(23)15-8-9-18(19(12-15)25-3)26-13-16-6-4-5-7-17(16)21/h4-9,12,14H,10-11,13H2,1-3H3,(H,22,23). The number of ether oxygens (including phenoxy) is 3. The van der Waals surface area contributed by atoms with Crippen LogP contribution in [-0.2, 0) is 11.3 Å². The number of halogens is 1. The summed E-state index contributed by atoms with van der Waals surface area (Å²) in [6, 6.07) is 12.6. The number of methoxy groups -OCH3 is 2. The fraction of sp³-hybridized carbons (Fsp3) is 0.350. The van der Waals surface area contributed by atoms with Gasteiger partial charge < -0.3 is 19.5 Å². The zero-order valence-electron chi connectivity index (χ0n) is 15.3. The number of carbonyl (C=O) groups excluding carboxylic acids is 1. The Morgan fingerprint density at radius 2 is 1.92 bits per heavy atom. The molecule has 2 rings (SSSR count). The first-order chi connectivity index (χ1) is 12.5. The maximum Gasteiger partial charge on any atom is 0.251 e. The molecule has 26 heavy (non-hydrogen) atoms. The Labute approximate surface area is 159 Å². The van der Waals surface area contributed by atoms with Crippen molar-refractivity contribution in [2.24, 2.45) is 0 Å². The van der Waals surface area contributed by atoms with Crippen LogP contribution >= 0.6 is 11.6 Å². The van der Waals surface area contributed by atoms with Crippen LogP contribution in [0.2, 0.25) is 5.02 Å². The van der Waals surface area contributed by atoms with E-state index in [9.17, 15) is 4.79 Å². The van der Waals surface area contributed by atoms with Crippen molar-refractivity contribution in [1.82, 2.24) is 5.32 Å². The summed E-state index contributed by atoms with van der Waals surface area (Å²) in [5.41, 5.74) is 1.39. The van der Waals surface area contributed by atoms with Crippen LogP contribution in [-0.4, -0.2) is 32.8 Å². The number of benzene rings is 2. The third-order valence-electron chi connectivity index (χ3n) is 3.90. The molecule has 0 spiro atoms. The van der Waals surface area contributed by atoms with Gasteiger partial charge in [-0.1, -0.05) is 29.8 Å². The number of nitrogens with one attached hydrogen (secondary N) is 1. The van der Waals surface area contributed by atoms with Gasteiger partial charge in [-0.15, -0.1) is 0 Å². The summed E-state index contributed by atoms with van der Waals surface area (Å²) in [6.45, 7) is 2.85. The van der Waals surface area contributed by atoms with Crippen molar-refractivity contribution in [3.8, 4) is 11.5 Å². The number of rotatable bonds is 9. The minimum absolute atomic E-state index is 0.0181. The van der Waals surface area contributed by atoms with E-state index >= 15 is 0 Å². The van der Waals surface area contributed by atoms with Gasteiger partial charge in [0.15, 0.2) is 11.5 Å². The van der Waals surface area contributed by atoms with Crippen LogP contribution in [0.4, 0.5) is 0 Å². The average Bonchev–Trinajstić information content (AvgIpc) is 2.65. The Balaban J connectivity index is 2.04. The Morgan fingerprint density at radius 1 is 1.15 bits per heavy atom. The SMILES string of the molecule is COCCC(C)NC(=O)c1ccc(OCc2ccccc2Cl)c(OC)c1. The summed E-state index contributed by atoms with van der Waals surface area (Å²) < 4.78 is 16.2. The van der Waals surface area contributed by atoms with E-state index in [0.717, 1.165) is 12.0 Å². The molecule has 0 aliphatic heterocycles. The minimum atomic E-state index is -0.162. The second-order valence-electron chi connectivity index (χ2n) is 5.90. The minimum Gasteiger partial charge on any atom is -0.493 e. The molecule has 0 bridgehead atoms. The quantitative estimate of drug-likeness (QED) is 0.715. The molecule has 140 valence electrons. The zero-order chi connectivity index (χ0) is 18.9. The molecule has 0 heterocycles. The van der Waals surface area contributed by atoms with Crippen LogP contribution in [0.1, 0.15) is 29.3 Å². The van der Waals surface area contributed by atoms with Crippen LogP contribution in [0.25, 0.3) is 0 Å². The first kappa shape index (κ1) is 20.1. The number of hydrogen-bond donors (Lipinski definition) is 1. The second-order valence-corrected chi connectivity index (χ2v) is 6.31. The van der Waals surface area contributed by atoms with Crippen molar-refractivity contribution in [2.45, 2.75) is 26.0 Å². The molecule has 2 aromatic carbocycles. The smallest absolute Gasteiger partial charge is 0.251 e. The molecular formula is C20H24ClNO4. The molecular weight excluding hydrogens is 354 g/mol. The maximum absolute atomic E-state index is 12.4. The van der Waals surface area contributed by atoms with E-state index in [1.807, 2.05) is 31.2 Å². The highest BCUT2D eigenvalue weighted by Crippen LogP contribution is 2.29. The molecule has 0 saturated heterocycles. The van der Waals surface area contributed by atoms with Gasteiger partial charge in [0.1, 0.15) is 6.61 Å². The van der Waals surface area contributed by atoms with E-state index in [1.165, 1.54) is 0 Å². The van der Waals surface area contributed by atoms with Gasteiger partial charge in [0.05, 0.1) is 7.11 Å². The molecule has 0 aliphatic carbocycles. The molecule has 1 atom stereocenters. The van der Waals surface area contributed by atoms with E-state index in [1.54, 1.807) is 32.4 Å². The van der Waals surface area contributed by atoms with Gasteiger partial charge in [-0.25, -0.2) is 0 Å². The van der Waals surface area contributed by atoms with Gasteiger partial charge in [-0.2, -0.15) is 0 Å². The van der Waals surface area contributed by atoms with Crippen molar-refractivity contribution in [2.75, 3.05) is 20.8 Å². The Bertz CT molecular complexity index is 736. The highest BCUT2D eigenvalue weighted by Gasteiger charge is 2.14. The summed E-state index contributed by atoms with van der Waals surface area (Å²) in [4.78, 5) is 12.4. The normalized spacial score (nSPS) is 11.7. The first-order valence-corrected chi connectivity index (χ1v) is 8.77. The summed E-state index contributed by atoms with van der Waals surface area (Å²) in [7, 11) is 3.18. The lowest BCUT2D eigenvalue weighted by Crippen LogP contribution is -2.33. The van der Waals surface area contributed by atoms with Crippen molar-refractivity contribution < 1.29 is 19.0 Å². The lowest BCUT2D eigenvalue weighted by Gasteiger charge is -2.15. The van der Waals surface area contributed by atoms with Gasteiger partial charge in [-0.05, 0) is 37.6 Å². The van der Waals surface area contributed by atoms with E-state index in [-0.39, 0.29) is 11.9 Å². The van der Waals surface area contributed by atoms with Crippen molar-refractivity contribution >= 4 is 17.5 Å². The van der Waals surface area contributed by atoms with Crippen LogP contribution in [0.5, 0.6) is 11.5 Å². The molecule has 1 amide bonds. The molecule has 0 saturated carbocycles.